The Balaban J connectivity index is 1.16. The van der Waals surface area contributed by atoms with Crippen LogP contribution in [0, 0.1) is 13.8 Å². The number of fused-ring (bicyclic) bond motifs is 4. The van der Waals surface area contributed by atoms with E-state index in [9.17, 15) is 0 Å². The van der Waals surface area contributed by atoms with E-state index < -0.39 is 0 Å². The lowest BCUT2D eigenvalue weighted by Gasteiger charge is -2.23. The Morgan fingerprint density at radius 3 is 2.06 bits per heavy atom. The van der Waals surface area contributed by atoms with Crippen molar-refractivity contribution >= 4 is 44.6 Å². The van der Waals surface area contributed by atoms with E-state index in [1.807, 2.05) is 30.6 Å². The fraction of sp³-hybridized carbons (Fsp3) is 0.171. The van der Waals surface area contributed by atoms with Crippen molar-refractivity contribution in [3.63, 3.8) is 0 Å². The first-order chi connectivity index (χ1) is 22.7. The molecule has 0 saturated heterocycles. The molecular weight excluding hydrogens is 578 g/mol. The predicted octanol–water partition coefficient (Wildman–Crippen LogP) is 10.5. The first kappa shape index (κ1) is 28.8. The molecule has 8 rings (SSSR count). The summed E-state index contributed by atoms with van der Waals surface area (Å²) in [6.07, 6.45) is 3.73. The molecule has 3 aromatic heterocycles. The Labute approximate surface area is 275 Å². The van der Waals surface area contributed by atoms with Gasteiger partial charge in [0.25, 0.3) is 0 Å². The third-order valence-electron chi connectivity index (χ3n) is 9.00. The van der Waals surface area contributed by atoms with Crippen molar-refractivity contribution in [1.29, 1.82) is 0 Å². The highest BCUT2D eigenvalue weighted by atomic mass is 16.5. The van der Waals surface area contributed by atoms with Crippen LogP contribution in [0.4, 0.5) is 22.7 Å². The zero-order valence-corrected chi connectivity index (χ0v) is 27.4. The van der Waals surface area contributed by atoms with Crippen molar-refractivity contribution in [3.05, 3.63) is 138 Å². The van der Waals surface area contributed by atoms with Gasteiger partial charge in [0, 0.05) is 46.7 Å². The number of hydrogen-bond donors (Lipinski definition) is 0. The number of rotatable bonds is 5. The average Bonchev–Trinajstić information content (AvgIpc) is 3.60. The van der Waals surface area contributed by atoms with Gasteiger partial charge in [-0.25, -0.2) is 9.97 Å². The number of ether oxygens (including phenoxy) is 1. The van der Waals surface area contributed by atoms with Crippen molar-refractivity contribution in [2.24, 2.45) is 0 Å². The van der Waals surface area contributed by atoms with Gasteiger partial charge in [-0.2, -0.15) is 0 Å². The van der Waals surface area contributed by atoms with Crippen molar-refractivity contribution in [3.8, 4) is 17.4 Å². The molecule has 0 amide bonds. The number of benzene rings is 4. The van der Waals surface area contributed by atoms with E-state index in [1.54, 1.807) is 0 Å². The number of nitrogens with zero attached hydrogens (tertiary/aromatic N) is 5. The molecule has 4 aromatic carbocycles. The number of para-hydroxylation sites is 3. The molecule has 7 aromatic rings. The van der Waals surface area contributed by atoms with Gasteiger partial charge >= 0.3 is 0 Å². The lowest BCUT2D eigenvalue weighted by Crippen LogP contribution is -2.24. The molecule has 47 heavy (non-hydrogen) atoms. The zero-order chi connectivity index (χ0) is 32.3. The Hall–Kier alpha value is -5.62. The molecule has 0 aliphatic carbocycles. The van der Waals surface area contributed by atoms with E-state index in [-0.39, 0.29) is 5.41 Å². The number of aromatic nitrogens is 3. The zero-order valence-electron chi connectivity index (χ0n) is 27.4. The van der Waals surface area contributed by atoms with E-state index >= 15 is 0 Å². The third kappa shape index (κ3) is 5.16. The molecule has 0 radical (unpaired) electrons. The summed E-state index contributed by atoms with van der Waals surface area (Å²) in [5, 5.41) is 2.33. The van der Waals surface area contributed by atoms with Crippen LogP contribution in [-0.2, 0) is 5.41 Å². The molecule has 6 nitrogen and oxygen atoms in total. The molecule has 4 heterocycles. The van der Waals surface area contributed by atoms with Crippen LogP contribution in [-0.4, -0.2) is 21.2 Å². The Morgan fingerprint density at radius 1 is 0.617 bits per heavy atom. The summed E-state index contributed by atoms with van der Waals surface area (Å²) in [5.74, 6) is 2.15. The monoisotopic (exact) mass is 615 g/mol. The van der Waals surface area contributed by atoms with E-state index in [0.29, 0.717) is 12.5 Å². The Morgan fingerprint density at radius 2 is 1.30 bits per heavy atom. The van der Waals surface area contributed by atoms with Crippen LogP contribution in [0.25, 0.3) is 27.6 Å². The van der Waals surface area contributed by atoms with Gasteiger partial charge in [-0.3, -0.25) is 4.57 Å². The van der Waals surface area contributed by atoms with Crippen molar-refractivity contribution in [1.82, 2.24) is 14.5 Å². The van der Waals surface area contributed by atoms with E-state index in [2.05, 4.69) is 145 Å². The van der Waals surface area contributed by atoms with E-state index in [4.69, 9.17) is 9.72 Å². The molecule has 0 saturated carbocycles. The van der Waals surface area contributed by atoms with Gasteiger partial charge in [-0.05, 0) is 96.6 Å². The molecule has 0 atom stereocenters. The van der Waals surface area contributed by atoms with Crippen LogP contribution in [0.2, 0.25) is 0 Å². The number of aryl methyl sites for hydroxylation is 2. The maximum Gasteiger partial charge on any atom is 0.221 e. The van der Waals surface area contributed by atoms with Crippen LogP contribution in [0.5, 0.6) is 11.6 Å². The van der Waals surface area contributed by atoms with Crippen LogP contribution < -0.4 is 14.5 Å². The second kappa shape index (κ2) is 11.0. The lowest BCUT2D eigenvalue weighted by atomic mass is 9.88. The van der Waals surface area contributed by atoms with Crippen LogP contribution in [0.3, 0.4) is 0 Å². The topological polar surface area (TPSA) is 46.4 Å². The second-order valence-corrected chi connectivity index (χ2v) is 13.5. The molecule has 0 unspecified atom stereocenters. The molecule has 0 spiro atoms. The molecule has 0 fully saturated rings. The van der Waals surface area contributed by atoms with Crippen LogP contribution in [0.1, 0.15) is 37.5 Å². The number of pyridine rings is 2. The summed E-state index contributed by atoms with van der Waals surface area (Å²) in [6, 6.07) is 38.4. The van der Waals surface area contributed by atoms with Crippen molar-refractivity contribution in [2.45, 2.75) is 40.0 Å². The highest BCUT2D eigenvalue weighted by molar-refractivity contribution is 6.09. The minimum Gasteiger partial charge on any atom is -0.439 e. The summed E-state index contributed by atoms with van der Waals surface area (Å²) < 4.78 is 8.73. The van der Waals surface area contributed by atoms with E-state index in [0.717, 1.165) is 39.4 Å². The minimum atomic E-state index is 0.00722. The fourth-order valence-electron chi connectivity index (χ4n) is 6.77. The quantitative estimate of drug-likeness (QED) is 0.193. The maximum absolute atomic E-state index is 6.50. The largest absolute Gasteiger partial charge is 0.439 e. The van der Waals surface area contributed by atoms with Gasteiger partial charge in [-0.15, -0.1) is 0 Å². The molecule has 6 heteroatoms. The summed E-state index contributed by atoms with van der Waals surface area (Å²) in [6.45, 7) is 11.7. The first-order valence-electron chi connectivity index (χ1n) is 16.1. The first-order valence-corrected chi connectivity index (χ1v) is 16.1. The average molecular weight is 616 g/mol. The molecule has 232 valence electrons. The molecule has 0 N–H and O–H groups in total. The third-order valence-corrected chi connectivity index (χ3v) is 9.00. The minimum absolute atomic E-state index is 0.00722. The molecule has 0 bridgehead atoms. The van der Waals surface area contributed by atoms with Gasteiger partial charge in [-0.1, -0.05) is 57.2 Å². The molecule has 1 aliphatic rings. The highest BCUT2D eigenvalue weighted by Gasteiger charge is 2.28. The predicted molar refractivity (Wildman–Crippen MR) is 193 cm³/mol. The second-order valence-electron chi connectivity index (χ2n) is 13.5. The summed E-state index contributed by atoms with van der Waals surface area (Å²) in [5.41, 5.74) is 10.4. The van der Waals surface area contributed by atoms with Crippen LogP contribution >= 0.6 is 0 Å². The van der Waals surface area contributed by atoms with Gasteiger partial charge in [0.15, 0.2) is 0 Å². The van der Waals surface area contributed by atoms with Crippen molar-refractivity contribution < 1.29 is 4.74 Å². The van der Waals surface area contributed by atoms with Gasteiger partial charge in [0.2, 0.25) is 5.88 Å². The summed E-state index contributed by atoms with van der Waals surface area (Å²) in [4.78, 5) is 14.1. The Kier molecular flexibility index (Phi) is 6.76. The van der Waals surface area contributed by atoms with Gasteiger partial charge in [0.05, 0.1) is 22.4 Å². The van der Waals surface area contributed by atoms with Crippen molar-refractivity contribution in [2.75, 3.05) is 16.5 Å². The lowest BCUT2D eigenvalue weighted by molar-refractivity contribution is 0.463. The van der Waals surface area contributed by atoms with Crippen LogP contribution in [0.15, 0.2) is 122 Å². The molecular formula is C41H37N5O. The van der Waals surface area contributed by atoms with Gasteiger partial charge in [0.1, 0.15) is 18.2 Å². The maximum atomic E-state index is 6.50. The number of anilines is 4. The summed E-state index contributed by atoms with van der Waals surface area (Å²) in [7, 11) is 0. The summed E-state index contributed by atoms with van der Waals surface area (Å²) >= 11 is 0. The standard InChI is InChI=1S/C41H37N5O/c1-27-20-28(2)22-31(21-27)45-26-44(36-12-8-9-13-37(36)45)30-17-19-43-40(24-30)47-32-14-15-34-33-10-6-7-11-35(33)46(38(34)25-32)39-23-29(16-18-42-39)41(3,4)5/h6-25H,26H2,1-5H3. The molecule has 1 aliphatic heterocycles. The Bertz CT molecular complexity index is 2280. The fourth-order valence-corrected chi connectivity index (χ4v) is 6.77. The highest BCUT2D eigenvalue weighted by Crippen LogP contribution is 2.45. The van der Waals surface area contributed by atoms with Gasteiger partial charge < -0.3 is 14.5 Å². The SMILES string of the molecule is Cc1cc(C)cc(N2CN(c3ccnc(Oc4ccc5c6ccccc6n(-c6cc(C(C)(C)C)ccn6)c5c4)c3)c3ccccc32)c1. The smallest absolute Gasteiger partial charge is 0.221 e. The normalized spacial score (nSPS) is 13.0. The van der Waals surface area contributed by atoms with E-state index in [1.165, 1.54) is 33.5 Å². The number of hydrogen-bond acceptors (Lipinski definition) is 5.